The number of aromatic nitrogens is 2. The van der Waals surface area contributed by atoms with Gasteiger partial charge in [0.2, 0.25) is 0 Å². The van der Waals surface area contributed by atoms with Crippen LogP contribution in [0.1, 0.15) is 36.0 Å². The second kappa shape index (κ2) is 8.77. The third kappa shape index (κ3) is 4.25. The minimum atomic E-state index is -0.580. The van der Waals surface area contributed by atoms with Crippen LogP contribution in [0.25, 0.3) is 0 Å². The van der Waals surface area contributed by atoms with Crippen molar-refractivity contribution in [3.8, 4) is 0 Å². The van der Waals surface area contributed by atoms with Gasteiger partial charge in [-0.25, -0.2) is 9.18 Å². The molecule has 0 radical (unpaired) electrons. The molecular formula is C25H28FN5O2. The molecule has 172 valence electrons. The molecule has 2 heterocycles. The van der Waals surface area contributed by atoms with Crippen LogP contribution in [0.2, 0.25) is 0 Å². The van der Waals surface area contributed by atoms with Gasteiger partial charge in [0.25, 0.3) is 5.56 Å². The molecule has 1 aliphatic heterocycles. The Hall–Kier alpha value is -3.55. The normalized spacial score (nSPS) is 17.4. The molecule has 4 N–H and O–H groups in total. The molecule has 1 aromatic heterocycles. The first-order chi connectivity index (χ1) is 16.0. The van der Waals surface area contributed by atoms with Gasteiger partial charge < -0.3 is 15.5 Å². The third-order valence-electron chi connectivity index (χ3n) is 6.80. The van der Waals surface area contributed by atoms with E-state index < -0.39 is 11.2 Å². The summed E-state index contributed by atoms with van der Waals surface area (Å²) in [5.41, 5.74) is 2.60. The lowest BCUT2D eigenvalue weighted by molar-refractivity contribution is 0.311. The number of H-pyrrole nitrogens is 2. The van der Waals surface area contributed by atoms with Gasteiger partial charge in [0.15, 0.2) is 0 Å². The van der Waals surface area contributed by atoms with Crippen molar-refractivity contribution >= 4 is 17.2 Å². The van der Waals surface area contributed by atoms with Gasteiger partial charge in [-0.1, -0.05) is 49.6 Å². The first-order valence-electron chi connectivity index (χ1n) is 11.4. The largest absolute Gasteiger partial charge is 0.388 e. The fraction of sp³-hybridized carbons (Fsp3) is 0.360. The van der Waals surface area contributed by atoms with Crippen molar-refractivity contribution in [3.05, 3.63) is 85.8 Å². The minimum absolute atomic E-state index is 0.192. The van der Waals surface area contributed by atoms with Gasteiger partial charge in [-0.3, -0.25) is 14.8 Å². The van der Waals surface area contributed by atoms with Crippen molar-refractivity contribution in [1.29, 1.82) is 0 Å². The second-order valence-corrected chi connectivity index (χ2v) is 8.96. The van der Waals surface area contributed by atoms with Crippen molar-refractivity contribution in [3.63, 3.8) is 0 Å². The van der Waals surface area contributed by atoms with Crippen LogP contribution in [-0.4, -0.2) is 23.2 Å². The second-order valence-electron chi connectivity index (χ2n) is 8.96. The van der Waals surface area contributed by atoms with Crippen LogP contribution in [-0.2, 0) is 19.4 Å². The Morgan fingerprint density at radius 2 is 1.79 bits per heavy atom. The van der Waals surface area contributed by atoms with Crippen LogP contribution in [0.5, 0.6) is 0 Å². The number of fused-ring (bicyclic) bond motifs is 1. The smallest absolute Gasteiger partial charge is 0.327 e. The highest BCUT2D eigenvalue weighted by Crippen LogP contribution is 2.34. The summed E-state index contributed by atoms with van der Waals surface area (Å²) in [4.78, 5) is 31.4. The molecule has 33 heavy (non-hydrogen) atoms. The molecule has 1 aliphatic carbocycles. The summed E-state index contributed by atoms with van der Waals surface area (Å²) < 4.78 is 15.4. The van der Waals surface area contributed by atoms with Gasteiger partial charge in [-0.15, -0.1) is 0 Å². The molecule has 0 spiro atoms. The number of nitrogens with zero attached hydrogens (tertiary/aromatic N) is 1. The number of aromatic amines is 2. The summed E-state index contributed by atoms with van der Waals surface area (Å²) in [6.07, 6.45) is 4.56. The lowest BCUT2D eigenvalue weighted by atomic mass is 9.80. The van der Waals surface area contributed by atoms with Crippen LogP contribution in [0, 0.1) is 11.7 Å². The van der Waals surface area contributed by atoms with Crippen molar-refractivity contribution < 1.29 is 4.39 Å². The molecule has 1 atom stereocenters. The highest BCUT2D eigenvalue weighted by molar-refractivity contribution is 5.71. The molecule has 2 aliphatic rings. The fourth-order valence-electron chi connectivity index (χ4n) is 4.71. The van der Waals surface area contributed by atoms with E-state index in [1.165, 1.54) is 6.42 Å². The number of hydrogen-bond acceptors (Lipinski definition) is 5. The minimum Gasteiger partial charge on any atom is -0.388 e. The zero-order valence-corrected chi connectivity index (χ0v) is 18.6. The van der Waals surface area contributed by atoms with E-state index in [-0.39, 0.29) is 18.5 Å². The van der Waals surface area contributed by atoms with Gasteiger partial charge in [-0.2, -0.15) is 0 Å². The molecule has 0 bridgehead atoms. The van der Waals surface area contributed by atoms with E-state index in [0.717, 1.165) is 36.1 Å². The predicted octanol–water partition coefficient (Wildman–Crippen LogP) is 3.59. The van der Waals surface area contributed by atoms with Gasteiger partial charge in [0.1, 0.15) is 23.5 Å². The summed E-state index contributed by atoms with van der Waals surface area (Å²) in [5.74, 6) is 0.763. The van der Waals surface area contributed by atoms with E-state index in [4.69, 9.17) is 0 Å². The van der Waals surface area contributed by atoms with Crippen molar-refractivity contribution in [2.75, 3.05) is 22.6 Å². The van der Waals surface area contributed by atoms with Crippen molar-refractivity contribution in [2.45, 2.75) is 44.8 Å². The summed E-state index contributed by atoms with van der Waals surface area (Å²) >= 11 is 0. The number of rotatable bonds is 7. The first-order valence-corrected chi connectivity index (χ1v) is 11.4. The zero-order chi connectivity index (χ0) is 22.9. The Morgan fingerprint density at radius 1 is 1.03 bits per heavy atom. The Morgan fingerprint density at radius 3 is 2.48 bits per heavy atom. The zero-order valence-electron chi connectivity index (χ0n) is 18.6. The number of hydrogen-bond donors (Lipinski definition) is 4. The Balaban J connectivity index is 1.46. The van der Waals surface area contributed by atoms with Crippen molar-refractivity contribution in [2.24, 2.45) is 5.92 Å². The van der Waals surface area contributed by atoms with E-state index in [9.17, 15) is 9.59 Å². The molecule has 1 saturated carbocycles. The Kier molecular flexibility index (Phi) is 5.66. The SMILES string of the molecule is CNc1ccc(CC2Nc3c([nH]c(=O)[nH]c3=O)N2Cc2cccc(CC3CCC3)c2F)cc1. The molecule has 1 unspecified atom stereocenters. The number of halogens is 1. The number of anilines is 3. The molecule has 3 aromatic rings. The van der Waals surface area contributed by atoms with E-state index in [2.05, 4.69) is 20.6 Å². The molecule has 1 fully saturated rings. The average Bonchev–Trinajstić information content (AvgIpc) is 3.11. The lowest BCUT2D eigenvalue weighted by Gasteiger charge is -2.28. The van der Waals surface area contributed by atoms with Crippen molar-refractivity contribution in [1.82, 2.24) is 9.97 Å². The van der Waals surface area contributed by atoms with Crippen LogP contribution in [0.3, 0.4) is 0 Å². The summed E-state index contributed by atoms with van der Waals surface area (Å²) in [5, 5.41) is 6.33. The van der Waals surface area contributed by atoms with Gasteiger partial charge >= 0.3 is 5.69 Å². The molecular weight excluding hydrogens is 421 g/mol. The molecule has 5 rings (SSSR count). The van der Waals surface area contributed by atoms with Crippen LogP contribution < -0.4 is 26.8 Å². The summed E-state index contributed by atoms with van der Waals surface area (Å²) in [6, 6.07) is 13.5. The van der Waals surface area contributed by atoms with Gasteiger partial charge in [-0.05, 0) is 35.6 Å². The summed E-state index contributed by atoms with van der Waals surface area (Å²) in [7, 11) is 1.86. The van der Waals surface area contributed by atoms with E-state index >= 15 is 4.39 Å². The maximum absolute atomic E-state index is 15.4. The van der Waals surface area contributed by atoms with Crippen LogP contribution >= 0.6 is 0 Å². The highest BCUT2D eigenvalue weighted by Gasteiger charge is 2.33. The maximum Gasteiger partial charge on any atom is 0.327 e. The van der Waals surface area contributed by atoms with E-state index in [1.54, 1.807) is 6.07 Å². The average molecular weight is 450 g/mol. The topological polar surface area (TPSA) is 93.0 Å². The fourth-order valence-corrected chi connectivity index (χ4v) is 4.71. The summed E-state index contributed by atoms with van der Waals surface area (Å²) in [6.45, 7) is 0.239. The Labute approximate surface area is 191 Å². The molecule has 8 heteroatoms. The molecule has 2 aromatic carbocycles. The quantitative estimate of drug-likeness (QED) is 0.442. The number of nitrogens with one attached hydrogen (secondary N) is 4. The monoisotopic (exact) mass is 449 g/mol. The third-order valence-corrected chi connectivity index (χ3v) is 6.80. The predicted molar refractivity (Wildman–Crippen MR) is 128 cm³/mol. The molecule has 7 nitrogen and oxygen atoms in total. The molecule has 0 amide bonds. The van der Waals surface area contributed by atoms with Crippen LogP contribution in [0.4, 0.5) is 21.6 Å². The number of benzene rings is 2. The standard InChI is InChI=1S/C25H28FN5O2/c1-27-19-10-8-16(9-11-19)13-20-28-22-23(29-25(33)30-24(22)32)31(20)14-18-7-3-6-17(21(18)26)12-15-4-2-5-15/h3,6-11,15,20,27-28H,2,4-5,12-14H2,1H3,(H2,29,30,32,33). The first kappa shape index (κ1) is 21.3. The Bertz CT molecular complexity index is 1260. The van der Waals surface area contributed by atoms with Crippen LogP contribution in [0.15, 0.2) is 52.1 Å². The lowest BCUT2D eigenvalue weighted by Crippen LogP contribution is -2.38. The molecule has 0 saturated heterocycles. The van der Waals surface area contributed by atoms with E-state index in [1.807, 2.05) is 48.3 Å². The highest BCUT2D eigenvalue weighted by atomic mass is 19.1. The van der Waals surface area contributed by atoms with E-state index in [0.29, 0.717) is 29.4 Å². The maximum atomic E-state index is 15.4. The van der Waals surface area contributed by atoms with Gasteiger partial charge in [0, 0.05) is 31.3 Å². The van der Waals surface area contributed by atoms with Gasteiger partial charge in [0.05, 0.1) is 0 Å².